The van der Waals surface area contributed by atoms with Crippen LogP contribution in [0.2, 0.25) is 0 Å². The Morgan fingerprint density at radius 3 is 2.73 bits per heavy atom. The maximum Gasteiger partial charge on any atom is 0.265 e. The summed E-state index contributed by atoms with van der Waals surface area (Å²) in [5, 5.41) is 0.598. The fraction of sp³-hybridized carbons (Fsp3) is 0.192. The lowest BCUT2D eigenvalue weighted by atomic mass is 9.95. The van der Waals surface area contributed by atoms with Gasteiger partial charge in [-0.3, -0.25) is 14.2 Å². The molecule has 0 saturated heterocycles. The Labute approximate surface area is 188 Å². The summed E-state index contributed by atoms with van der Waals surface area (Å²) in [6, 6.07) is 15.4. The Kier molecular flexibility index (Phi) is 5.24. The molecule has 1 aliphatic heterocycles. The number of halogens is 2. The lowest BCUT2D eigenvalue weighted by Crippen LogP contribution is -2.44. The van der Waals surface area contributed by atoms with Gasteiger partial charge in [-0.15, -0.1) is 0 Å². The van der Waals surface area contributed by atoms with E-state index in [-0.39, 0.29) is 24.0 Å². The lowest BCUT2D eigenvalue weighted by molar-refractivity contribution is 0.0973. The molecule has 0 fully saturated rings. The third-order valence-corrected chi connectivity index (χ3v) is 6.16. The molecule has 5 nitrogen and oxygen atoms in total. The minimum atomic E-state index is -0.545. The van der Waals surface area contributed by atoms with Crippen LogP contribution in [0.15, 0.2) is 71.7 Å². The summed E-state index contributed by atoms with van der Waals surface area (Å²) in [7, 11) is 0. The van der Waals surface area contributed by atoms with Gasteiger partial charge in [-0.05, 0) is 67.8 Å². The number of anilines is 1. The van der Waals surface area contributed by atoms with Crippen LogP contribution >= 0.6 is 0 Å². The van der Waals surface area contributed by atoms with Gasteiger partial charge < -0.3 is 4.90 Å². The minimum Gasteiger partial charge on any atom is -0.305 e. The van der Waals surface area contributed by atoms with Crippen LogP contribution in [0.5, 0.6) is 0 Å². The van der Waals surface area contributed by atoms with Gasteiger partial charge in [0.1, 0.15) is 22.8 Å². The molecule has 0 N–H and O–H groups in total. The molecule has 7 heteroatoms. The molecule has 1 aliphatic rings. The molecule has 2 aromatic carbocycles. The summed E-state index contributed by atoms with van der Waals surface area (Å²) >= 11 is 0. The van der Waals surface area contributed by atoms with Gasteiger partial charge in [0, 0.05) is 28.9 Å². The lowest BCUT2D eigenvalue weighted by Gasteiger charge is -2.35. The van der Waals surface area contributed by atoms with Gasteiger partial charge in [-0.25, -0.2) is 13.8 Å². The van der Waals surface area contributed by atoms with E-state index in [0.29, 0.717) is 35.1 Å². The average Bonchev–Trinajstić information content (AvgIpc) is 2.81. The van der Waals surface area contributed by atoms with Crippen molar-refractivity contribution in [3.8, 4) is 0 Å². The maximum atomic E-state index is 14.4. The number of carbonyl (C=O) groups excluding carboxylic acids is 1. The fourth-order valence-electron chi connectivity index (χ4n) is 4.46. The summed E-state index contributed by atoms with van der Waals surface area (Å²) in [4.78, 5) is 33.1. The van der Waals surface area contributed by atoms with Gasteiger partial charge in [0.25, 0.3) is 11.5 Å². The van der Waals surface area contributed by atoms with Crippen molar-refractivity contribution in [1.29, 1.82) is 0 Å². The van der Waals surface area contributed by atoms with E-state index in [1.165, 1.54) is 28.8 Å². The van der Waals surface area contributed by atoms with Crippen molar-refractivity contribution < 1.29 is 13.6 Å². The molecule has 4 aromatic rings. The first-order valence-electron chi connectivity index (χ1n) is 10.8. The van der Waals surface area contributed by atoms with Crippen LogP contribution < -0.4 is 10.5 Å². The van der Waals surface area contributed by atoms with Crippen LogP contribution in [-0.2, 0) is 13.0 Å². The number of rotatable bonds is 3. The maximum absolute atomic E-state index is 14.4. The molecule has 2 aromatic heterocycles. The zero-order chi connectivity index (χ0) is 23.1. The van der Waals surface area contributed by atoms with Crippen LogP contribution in [0.3, 0.4) is 0 Å². The second kappa shape index (κ2) is 8.24. The number of pyridine rings is 2. The van der Waals surface area contributed by atoms with Crippen LogP contribution in [0.1, 0.15) is 34.8 Å². The molecule has 0 saturated carbocycles. The Hall–Kier alpha value is -3.87. The van der Waals surface area contributed by atoms with Gasteiger partial charge in [0.2, 0.25) is 0 Å². The summed E-state index contributed by atoms with van der Waals surface area (Å²) in [5.41, 5.74) is 1.45. The number of benzene rings is 2. The number of aromatic nitrogens is 2. The predicted octanol–water partition coefficient (Wildman–Crippen LogP) is 4.70. The highest BCUT2D eigenvalue weighted by Crippen LogP contribution is 2.32. The van der Waals surface area contributed by atoms with E-state index in [9.17, 15) is 18.4 Å². The highest BCUT2D eigenvalue weighted by Gasteiger charge is 2.31. The summed E-state index contributed by atoms with van der Waals surface area (Å²) in [6.07, 6.45) is 2.86. The molecule has 1 unspecified atom stereocenters. The monoisotopic (exact) mass is 445 g/mol. The molecule has 0 aliphatic carbocycles. The Bertz CT molecular complexity index is 1450. The van der Waals surface area contributed by atoms with E-state index in [1.807, 2.05) is 6.92 Å². The van der Waals surface area contributed by atoms with E-state index >= 15 is 0 Å². The SMILES string of the molecule is CC1CCc2cc(F)ccc2N1C(=O)c1cc2cccnc2n(Cc2ccccc2F)c1=O. The van der Waals surface area contributed by atoms with E-state index in [4.69, 9.17) is 0 Å². The number of amides is 1. The molecule has 0 spiro atoms. The number of aryl methyl sites for hydroxylation is 1. The first-order valence-corrected chi connectivity index (χ1v) is 10.8. The quantitative estimate of drug-likeness (QED) is 0.459. The highest BCUT2D eigenvalue weighted by molar-refractivity contribution is 6.08. The number of hydrogen-bond donors (Lipinski definition) is 0. The van der Waals surface area contributed by atoms with Gasteiger partial charge in [0.15, 0.2) is 0 Å². The molecule has 33 heavy (non-hydrogen) atoms. The number of carbonyl (C=O) groups is 1. The molecule has 0 bridgehead atoms. The van der Waals surface area contributed by atoms with Gasteiger partial charge in [-0.1, -0.05) is 18.2 Å². The molecular formula is C26H21F2N3O2. The molecule has 1 atom stereocenters. The summed E-state index contributed by atoms with van der Waals surface area (Å²) in [6.45, 7) is 1.85. The van der Waals surface area contributed by atoms with E-state index in [1.54, 1.807) is 47.5 Å². The van der Waals surface area contributed by atoms with Crippen LogP contribution in [0.25, 0.3) is 11.0 Å². The van der Waals surface area contributed by atoms with Gasteiger partial charge in [-0.2, -0.15) is 0 Å². The molecule has 166 valence electrons. The minimum absolute atomic E-state index is 0.0316. The van der Waals surface area contributed by atoms with Gasteiger partial charge >= 0.3 is 0 Å². The molecule has 3 heterocycles. The van der Waals surface area contributed by atoms with Gasteiger partial charge in [0.05, 0.1) is 6.54 Å². The number of fused-ring (bicyclic) bond motifs is 2. The van der Waals surface area contributed by atoms with Crippen molar-refractivity contribution in [2.24, 2.45) is 0 Å². The van der Waals surface area contributed by atoms with E-state index in [2.05, 4.69) is 4.98 Å². The summed E-state index contributed by atoms with van der Waals surface area (Å²) in [5.74, 6) is -1.27. The normalized spacial score (nSPS) is 15.5. The third-order valence-electron chi connectivity index (χ3n) is 6.16. The van der Waals surface area contributed by atoms with Crippen molar-refractivity contribution >= 4 is 22.6 Å². The van der Waals surface area contributed by atoms with E-state index < -0.39 is 17.3 Å². The second-order valence-corrected chi connectivity index (χ2v) is 8.29. The molecular weight excluding hydrogens is 424 g/mol. The van der Waals surface area contributed by atoms with Crippen molar-refractivity contribution in [3.05, 3.63) is 106 Å². The Morgan fingerprint density at radius 1 is 1.09 bits per heavy atom. The topological polar surface area (TPSA) is 55.2 Å². The van der Waals surface area contributed by atoms with Crippen molar-refractivity contribution in [1.82, 2.24) is 9.55 Å². The third kappa shape index (κ3) is 3.69. The standard InChI is InChI=1S/C26H21F2N3O2/c1-16-8-9-17-13-20(27)10-11-23(17)31(16)26(33)21-14-18-6-4-12-29-24(18)30(25(21)32)15-19-5-2-3-7-22(19)28/h2-7,10-14,16H,8-9,15H2,1H3. The zero-order valence-corrected chi connectivity index (χ0v) is 18.0. The van der Waals surface area contributed by atoms with Crippen LogP contribution in [-0.4, -0.2) is 21.5 Å². The number of hydrogen-bond acceptors (Lipinski definition) is 3. The van der Waals surface area contributed by atoms with Crippen molar-refractivity contribution in [2.45, 2.75) is 32.4 Å². The summed E-state index contributed by atoms with van der Waals surface area (Å²) < 4.78 is 29.5. The molecule has 1 amide bonds. The van der Waals surface area contributed by atoms with Crippen LogP contribution in [0.4, 0.5) is 14.5 Å². The largest absolute Gasteiger partial charge is 0.305 e. The van der Waals surface area contributed by atoms with Crippen molar-refractivity contribution in [2.75, 3.05) is 4.90 Å². The second-order valence-electron chi connectivity index (χ2n) is 8.29. The smallest absolute Gasteiger partial charge is 0.265 e. The molecule has 0 radical (unpaired) electrons. The first kappa shape index (κ1) is 21.0. The number of nitrogens with zero attached hydrogens (tertiary/aromatic N) is 3. The Morgan fingerprint density at radius 2 is 1.91 bits per heavy atom. The Balaban J connectivity index is 1.67. The van der Waals surface area contributed by atoms with E-state index in [0.717, 1.165) is 5.56 Å². The first-order chi connectivity index (χ1) is 15.9. The predicted molar refractivity (Wildman–Crippen MR) is 122 cm³/mol. The average molecular weight is 445 g/mol. The molecule has 5 rings (SSSR count). The fourth-order valence-corrected chi connectivity index (χ4v) is 4.46. The zero-order valence-electron chi connectivity index (χ0n) is 18.0. The highest BCUT2D eigenvalue weighted by atomic mass is 19.1. The van der Waals surface area contributed by atoms with Crippen LogP contribution in [0, 0.1) is 11.6 Å². The van der Waals surface area contributed by atoms with Crippen molar-refractivity contribution in [3.63, 3.8) is 0 Å².